The van der Waals surface area contributed by atoms with Gasteiger partial charge in [0.05, 0.1) is 6.61 Å². The van der Waals surface area contributed by atoms with Gasteiger partial charge in [-0.25, -0.2) is 4.58 Å². The van der Waals surface area contributed by atoms with E-state index in [1.165, 1.54) is 28.3 Å². The summed E-state index contributed by atoms with van der Waals surface area (Å²) in [5, 5.41) is 0.234. The molecule has 0 amide bonds. The van der Waals surface area contributed by atoms with Gasteiger partial charge < -0.3 is 4.43 Å². The van der Waals surface area contributed by atoms with Crippen LogP contribution >= 0.6 is 0 Å². The smallest absolute Gasteiger partial charge is 0.192 e. The molecule has 1 aliphatic heterocycles. The lowest BCUT2D eigenvalue weighted by molar-refractivity contribution is -0.580. The van der Waals surface area contributed by atoms with Gasteiger partial charge in [-0.3, -0.25) is 0 Å². The highest BCUT2D eigenvalue weighted by Gasteiger charge is 2.39. The number of nitrogens with zero attached hydrogens (tertiary/aromatic N) is 1. The predicted molar refractivity (Wildman–Crippen MR) is 140 cm³/mol. The Morgan fingerprint density at radius 1 is 0.903 bits per heavy atom. The maximum atomic E-state index is 6.71. The third-order valence-electron chi connectivity index (χ3n) is 6.92. The summed E-state index contributed by atoms with van der Waals surface area (Å²) in [5.74, 6) is 0. The lowest BCUT2D eigenvalue weighted by Gasteiger charge is -2.37. The van der Waals surface area contributed by atoms with Gasteiger partial charge in [-0.1, -0.05) is 82.9 Å². The van der Waals surface area contributed by atoms with Crippen LogP contribution in [-0.2, 0) is 23.4 Å². The van der Waals surface area contributed by atoms with Gasteiger partial charge in [-0.05, 0) is 41.4 Å². The van der Waals surface area contributed by atoms with Gasteiger partial charge in [-0.2, -0.15) is 0 Å². The molecule has 0 spiro atoms. The van der Waals surface area contributed by atoms with Crippen LogP contribution in [0.1, 0.15) is 43.0 Å². The van der Waals surface area contributed by atoms with Crippen molar-refractivity contribution in [1.82, 2.24) is 0 Å². The molecule has 168 valence electrons. The fraction of sp³-hybridized carbons (Fsp3) is 0.519. The molecule has 1 atom stereocenters. The molecule has 1 aliphatic rings. The van der Waals surface area contributed by atoms with Crippen molar-refractivity contribution in [2.75, 3.05) is 6.61 Å². The minimum Gasteiger partial charge on any atom is -0.410 e. The first-order valence-electron chi connectivity index (χ1n) is 11.7. The van der Waals surface area contributed by atoms with Crippen LogP contribution in [0, 0.1) is 0 Å². The first-order valence-corrected chi connectivity index (χ1v) is 18.4. The van der Waals surface area contributed by atoms with Crippen molar-refractivity contribution in [3.63, 3.8) is 0 Å². The Morgan fingerprint density at radius 2 is 1.52 bits per heavy atom. The van der Waals surface area contributed by atoms with Crippen molar-refractivity contribution in [2.45, 2.75) is 83.6 Å². The average Bonchev–Trinajstić information content (AvgIpc) is 2.66. The second-order valence-corrected chi connectivity index (χ2v) is 22.2. The Balaban J connectivity index is 1.89. The molecule has 0 saturated heterocycles. The third kappa shape index (κ3) is 6.27. The summed E-state index contributed by atoms with van der Waals surface area (Å²) in [7, 11) is -2.96. The van der Waals surface area contributed by atoms with Crippen LogP contribution in [0.2, 0.25) is 37.8 Å². The van der Waals surface area contributed by atoms with Gasteiger partial charge in [0.2, 0.25) is 0 Å². The largest absolute Gasteiger partial charge is 0.410 e. The number of hydrogen-bond acceptors (Lipinski definition) is 1. The molecule has 3 rings (SSSR count). The molecule has 0 saturated carbocycles. The van der Waals surface area contributed by atoms with Gasteiger partial charge in [0.25, 0.3) is 0 Å². The summed E-state index contributed by atoms with van der Waals surface area (Å²) in [4.78, 5) is 0. The molecule has 0 N–H and O–H groups in total. The average molecular weight is 453 g/mol. The Labute approximate surface area is 192 Å². The maximum Gasteiger partial charge on any atom is 0.192 e. The minimum absolute atomic E-state index is 0.234. The van der Waals surface area contributed by atoms with E-state index in [2.05, 4.69) is 113 Å². The number of fused-ring (bicyclic) bond motifs is 1. The fourth-order valence-electron chi connectivity index (χ4n) is 4.00. The molecular weight excluding hydrogens is 410 g/mol. The zero-order valence-electron chi connectivity index (χ0n) is 21.0. The van der Waals surface area contributed by atoms with E-state index in [0.29, 0.717) is 6.04 Å². The first-order chi connectivity index (χ1) is 14.4. The van der Waals surface area contributed by atoms with Gasteiger partial charge in [0.1, 0.15) is 0 Å². The van der Waals surface area contributed by atoms with E-state index >= 15 is 0 Å². The number of rotatable bonds is 7. The van der Waals surface area contributed by atoms with E-state index in [1.807, 2.05) is 0 Å². The molecule has 1 heterocycles. The molecule has 2 nitrogen and oxygen atoms in total. The lowest BCUT2D eigenvalue weighted by atomic mass is 9.96. The fourth-order valence-corrected chi connectivity index (χ4v) is 6.53. The van der Waals surface area contributed by atoms with E-state index in [1.54, 1.807) is 0 Å². The van der Waals surface area contributed by atoms with Crippen LogP contribution in [0.3, 0.4) is 0 Å². The predicted octanol–water partition coefficient (Wildman–Crippen LogP) is 6.68. The van der Waals surface area contributed by atoms with Crippen molar-refractivity contribution in [3.05, 3.63) is 70.8 Å². The van der Waals surface area contributed by atoms with E-state index in [-0.39, 0.29) is 5.04 Å². The van der Waals surface area contributed by atoms with Gasteiger partial charge in [-0.15, -0.1) is 0 Å². The normalized spacial score (nSPS) is 17.3. The molecule has 0 bridgehead atoms. The molecule has 0 fully saturated rings. The topological polar surface area (TPSA) is 12.2 Å². The number of hydrogen-bond donors (Lipinski definition) is 0. The number of benzene rings is 2. The van der Waals surface area contributed by atoms with Crippen molar-refractivity contribution in [3.8, 4) is 0 Å². The molecule has 0 aliphatic carbocycles. The summed E-state index contributed by atoms with van der Waals surface area (Å²) in [6.45, 7) is 20.8. The van der Waals surface area contributed by atoms with E-state index in [9.17, 15) is 0 Å². The molecule has 31 heavy (non-hydrogen) atoms. The maximum absolute atomic E-state index is 6.71. The molecule has 1 unspecified atom stereocenters. The second-order valence-electron chi connectivity index (χ2n) is 11.9. The Morgan fingerprint density at radius 3 is 2.16 bits per heavy atom. The van der Waals surface area contributed by atoms with Gasteiger partial charge in [0, 0.05) is 25.6 Å². The van der Waals surface area contributed by atoms with Crippen molar-refractivity contribution < 1.29 is 9.00 Å². The van der Waals surface area contributed by atoms with Gasteiger partial charge in [0.15, 0.2) is 27.1 Å². The van der Waals surface area contributed by atoms with Crippen molar-refractivity contribution in [2.24, 2.45) is 0 Å². The van der Waals surface area contributed by atoms with Crippen molar-refractivity contribution >= 4 is 22.6 Å². The molecule has 0 radical (unpaired) electrons. The minimum atomic E-state index is -1.78. The Kier molecular flexibility index (Phi) is 7.14. The highest BCUT2D eigenvalue weighted by atomic mass is 28.4. The second kappa shape index (κ2) is 9.17. The monoisotopic (exact) mass is 452 g/mol. The summed E-state index contributed by atoms with van der Waals surface area (Å²) in [5.41, 5.74) is 5.79. The summed E-state index contributed by atoms with van der Waals surface area (Å²) < 4.78 is 9.27. The Bertz CT molecular complexity index is 935. The van der Waals surface area contributed by atoms with E-state index < -0.39 is 16.4 Å². The summed E-state index contributed by atoms with van der Waals surface area (Å²) in [6, 6.07) is 19.5. The molecule has 0 aromatic heterocycles. The first kappa shape index (κ1) is 24.2. The van der Waals surface area contributed by atoms with Crippen LogP contribution in [-0.4, -0.2) is 39.8 Å². The van der Waals surface area contributed by atoms with Crippen LogP contribution in [0.5, 0.6) is 0 Å². The van der Waals surface area contributed by atoms with Crippen LogP contribution in [0.4, 0.5) is 0 Å². The van der Waals surface area contributed by atoms with Crippen molar-refractivity contribution in [1.29, 1.82) is 0 Å². The van der Waals surface area contributed by atoms with E-state index in [4.69, 9.17) is 4.43 Å². The summed E-state index contributed by atoms with van der Waals surface area (Å²) in [6.07, 6.45) is 3.43. The van der Waals surface area contributed by atoms with Crippen LogP contribution in [0.25, 0.3) is 0 Å². The third-order valence-corrected chi connectivity index (χ3v) is 12.9. The lowest BCUT2D eigenvalue weighted by Crippen LogP contribution is -2.46. The summed E-state index contributed by atoms with van der Waals surface area (Å²) >= 11 is 0. The molecule has 4 heteroatoms. The Hall–Kier alpha value is -1.50. The van der Waals surface area contributed by atoms with E-state index in [0.717, 1.165) is 19.6 Å². The highest BCUT2D eigenvalue weighted by Crippen LogP contribution is 2.37. The van der Waals surface area contributed by atoms with Gasteiger partial charge >= 0.3 is 0 Å². The molecule has 2 aromatic rings. The zero-order valence-corrected chi connectivity index (χ0v) is 23.0. The highest BCUT2D eigenvalue weighted by molar-refractivity contribution is 6.75. The zero-order chi connectivity index (χ0) is 22.9. The molecular formula is C27H42NOSi2+. The van der Waals surface area contributed by atoms with Crippen LogP contribution < -0.4 is 0 Å². The van der Waals surface area contributed by atoms with Crippen LogP contribution in [0.15, 0.2) is 48.5 Å². The SMILES string of the molecule is CC(C)(C)[Si](C)(C)OCC1Cc2ccccc2C=[N+]1Cc1ccccc1C[Si](C)(C)C. The quantitative estimate of drug-likeness (QED) is 0.337. The standard InChI is InChI=1S/C27H42NOSi2/c1-27(2,3)31(7,8)29-20-26-17-22-13-9-10-14-23(22)18-28(26)19-24-15-11-12-16-25(24)21-30(4,5)6/h9-16,18,26H,17,19-21H2,1-8H3/q+1. The molecule has 2 aromatic carbocycles.